The topological polar surface area (TPSA) is 46.2 Å². The van der Waals surface area contributed by atoms with E-state index in [2.05, 4.69) is 26.1 Å². The Morgan fingerprint density at radius 1 is 1.30 bits per heavy atom. The second-order valence-corrected chi connectivity index (χ2v) is 8.06. The minimum Gasteiger partial charge on any atom is -0.316 e. The Hall–Kier alpha value is -0.870. The minimum atomic E-state index is -3.11. The van der Waals surface area contributed by atoms with E-state index in [1.54, 1.807) is 6.07 Å². The first-order chi connectivity index (χ1) is 9.44. The Morgan fingerprint density at radius 2 is 2.00 bits per heavy atom. The van der Waals surface area contributed by atoms with Crippen LogP contribution in [-0.4, -0.2) is 27.3 Å². The summed E-state index contributed by atoms with van der Waals surface area (Å²) in [7, 11) is -3.11. The van der Waals surface area contributed by atoms with Gasteiger partial charge in [-0.3, -0.25) is 0 Å². The molecule has 0 saturated heterocycles. The lowest BCUT2D eigenvalue weighted by Gasteiger charge is -2.36. The molecule has 0 bridgehead atoms. The summed E-state index contributed by atoms with van der Waals surface area (Å²) in [6, 6.07) is 7.52. The van der Waals surface area contributed by atoms with E-state index in [1.807, 2.05) is 18.2 Å². The van der Waals surface area contributed by atoms with Crippen LogP contribution in [0.2, 0.25) is 0 Å². The SMILES string of the molecule is CCCC(C)(CNCC)C1CS(=O)(=O)c2ccccc21. The second kappa shape index (κ2) is 5.86. The Bertz CT molecular complexity index is 568. The summed E-state index contributed by atoms with van der Waals surface area (Å²) in [4.78, 5) is 0.545. The van der Waals surface area contributed by atoms with E-state index < -0.39 is 9.84 Å². The molecule has 0 saturated carbocycles. The van der Waals surface area contributed by atoms with Crippen molar-refractivity contribution in [2.75, 3.05) is 18.8 Å². The molecule has 2 atom stereocenters. The lowest BCUT2D eigenvalue weighted by atomic mass is 9.71. The first-order valence-electron chi connectivity index (χ1n) is 7.47. The number of nitrogens with one attached hydrogen (secondary N) is 1. The third-order valence-electron chi connectivity index (χ3n) is 4.46. The van der Waals surface area contributed by atoms with Gasteiger partial charge in [0.25, 0.3) is 0 Å². The Kier molecular flexibility index (Phi) is 4.55. The average Bonchev–Trinajstić information content (AvgIpc) is 2.70. The number of fused-ring (bicyclic) bond motifs is 1. The predicted octanol–water partition coefficient (Wildman–Crippen LogP) is 2.97. The average molecular weight is 295 g/mol. The van der Waals surface area contributed by atoms with E-state index in [9.17, 15) is 8.42 Å². The normalized spacial score (nSPS) is 23.2. The van der Waals surface area contributed by atoms with Gasteiger partial charge in [-0.25, -0.2) is 8.42 Å². The van der Waals surface area contributed by atoms with Crippen molar-refractivity contribution >= 4 is 9.84 Å². The first kappa shape index (κ1) is 15.5. The van der Waals surface area contributed by atoms with Gasteiger partial charge in [0.15, 0.2) is 9.84 Å². The van der Waals surface area contributed by atoms with E-state index >= 15 is 0 Å². The van der Waals surface area contributed by atoms with Gasteiger partial charge < -0.3 is 5.32 Å². The third-order valence-corrected chi connectivity index (χ3v) is 6.27. The van der Waals surface area contributed by atoms with Crippen LogP contribution < -0.4 is 5.32 Å². The molecule has 0 amide bonds. The predicted molar refractivity (Wildman–Crippen MR) is 82.8 cm³/mol. The van der Waals surface area contributed by atoms with Crippen molar-refractivity contribution in [3.05, 3.63) is 29.8 Å². The highest BCUT2D eigenvalue weighted by Crippen LogP contribution is 2.47. The molecule has 112 valence electrons. The fraction of sp³-hybridized carbons (Fsp3) is 0.625. The van der Waals surface area contributed by atoms with Gasteiger partial charge in [-0.2, -0.15) is 0 Å². The Morgan fingerprint density at radius 3 is 2.65 bits per heavy atom. The molecule has 0 aliphatic carbocycles. The standard InChI is InChI=1S/C16H25NO2S/c1-4-10-16(3,12-17-5-2)14-11-20(18,19)15-9-7-6-8-13(14)15/h6-9,14,17H,4-5,10-12H2,1-3H3. The van der Waals surface area contributed by atoms with Gasteiger partial charge in [0.2, 0.25) is 0 Å². The van der Waals surface area contributed by atoms with Crippen molar-refractivity contribution in [1.82, 2.24) is 5.32 Å². The van der Waals surface area contributed by atoms with Crippen LogP contribution in [0, 0.1) is 5.41 Å². The monoisotopic (exact) mass is 295 g/mol. The largest absolute Gasteiger partial charge is 0.316 e. The number of hydrogen-bond donors (Lipinski definition) is 1. The molecule has 0 aromatic heterocycles. The number of rotatable bonds is 6. The van der Waals surface area contributed by atoms with Crippen LogP contribution in [0.3, 0.4) is 0 Å². The van der Waals surface area contributed by atoms with Crippen LogP contribution in [0.15, 0.2) is 29.2 Å². The maximum absolute atomic E-state index is 12.4. The number of sulfone groups is 1. The smallest absolute Gasteiger partial charge is 0.179 e. The van der Waals surface area contributed by atoms with Crippen LogP contribution in [0.1, 0.15) is 45.1 Å². The maximum atomic E-state index is 12.4. The number of hydrogen-bond acceptors (Lipinski definition) is 3. The van der Waals surface area contributed by atoms with Crippen molar-refractivity contribution in [3.8, 4) is 0 Å². The van der Waals surface area contributed by atoms with Gasteiger partial charge in [-0.05, 0) is 30.0 Å². The van der Waals surface area contributed by atoms with Crippen LogP contribution in [0.5, 0.6) is 0 Å². The highest BCUT2D eigenvalue weighted by Gasteiger charge is 2.44. The van der Waals surface area contributed by atoms with E-state index in [-0.39, 0.29) is 17.1 Å². The fourth-order valence-electron chi connectivity index (χ4n) is 3.39. The molecule has 0 spiro atoms. The lowest BCUT2D eigenvalue weighted by Crippen LogP contribution is -2.37. The van der Waals surface area contributed by atoms with Gasteiger partial charge in [0, 0.05) is 12.5 Å². The van der Waals surface area contributed by atoms with E-state index in [1.165, 1.54) is 0 Å². The van der Waals surface area contributed by atoms with Crippen LogP contribution in [-0.2, 0) is 9.84 Å². The summed E-state index contributed by atoms with van der Waals surface area (Å²) in [6.45, 7) is 8.26. The Balaban J connectivity index is 2.41. The summed E-state index contributed by atoms with van der Waals surface area (Å²) < 4.78 is 24.7. The highest BCUT2D eigenvalue weighted by atomic mass is 32.2. The van der Waals surface area contributed by atoms with Crippen LogP contribution >= 0.6 is 0 Å². The molecule has 2 unspecified atom stereocenters. The third kappa shape index (κ3) is 2.77. The van der Waals surface area contributed by atoms with Gasteiger partial charge in [0.05, 0.1) is 10.6 Å². The van der Waals surface area contributed by atoms with Crippen molar-refractivity contribution in [3.63, 3.8) is 0 Å². The molecule has 1 heterocycles. The molecule has 2 rings (SSSR count). The van der Waals surface area contributed by atoms with E-state index in [4.69, 9.17) is 0 Å². The van der Waals surface area contributed by atoms with E-state index in [0.717, 1.165) is 31.5 Å². The zero-order valence-electron chi connectivity index (χ0n) is 12.6. The van der Waals surface area contributed by atoms with Gasteiger partial charge in [-0.15, -0.1) is 0 Å². The van der Waals surface area contributed by atoms with Crippen molar-refractivity contribution in [2.45, 2.75) is 44.4 Å². The number of benzene rings is 1. The van der Waals surface area contributed by atoms with Gasteiger partial charge in [0.1, 0.15) is 0 Å². The van der Waals surface area contributed by atoms with Crippen molar-refractivity contribution < 1.29 is 8.42 Å². The molecule has 1 aromatic carbocycles. The van der Waals surface area contributed by atoms with Crippen LogP contribution in [0.4, 0.5) is 0 Å². The van der Waals surface area contributed by atoms with Crippen molar-refractivity contribution in [1.29, 1.82) is 0 Å². The van der Waals surface area contributed by atoms with E-state index in [0.29, 0.717) is 4.90 Å². The minimum absolute atomic E-state index is 0.00949. The molecule has 1 N–H and O–H groups in total. The maximum Gasteiger partial charge on any atom is 0.179 e. The zero-order chi connectivity index (χ0) is 14.8. The molecule has 1 aromatic rings. The molecular weight excluding hydrogens is 270 g/mol. The summed E-state index contributed by atoms with van der Waals surface area (Å²) in [5, 5.41) is 3.41. The summed E-state index contributed by atoms with van der Waals surface area (Å²) in [5.74, 6) is 0.358. The quantitative estimate of drug-likeness (QED) is 0.877. The Labute approximate surface area is 122 Å². The first-order valence-corrected chi connectivity index (χ1v) is 9.12. The molecule has 4 heteroatoms. The van der Waals surface area contributed by atoms with Crippen LogP contribution in [0.25, 0.3) is 0 Å². The highest BCUT2D eigenvalue weighted by molar-refractivity contribution is 7.91. The fourth-order valence-corrected chi connectivity index (χ4v) is 5.45. The zero-order valence-corrected chi connectivity index (χ0v) is 13.5. The molecule has 0 radical (unpaired) electrons. The van der Waals surface area contributed by atoms with Crippen molar-refractivity contribution in [2.24, 2.45) is 5.41 Å². The van der Waals surface area contributed by atoms with Gasteiger partial charge >= 0.3 is 0 Å². The molecule has 0 fully saturated rings. The summed E-state index contributed by atoms with van der Waals surface area (Å²) in [6.07, 6.45) is 2.11. The summed E-state index contributed by atoms with van der Waals surface area (Å²) >= 11 is 0. The second-order valence-electron chi connectivity index (χ2n) is 6.06. The molecular formula is C16H25NO2S. The molecule has 3 nitrogen and oxygen atoms in total. The summed E-state index contributed by atoms with van der Waals surface area (Å²) in [5.41, 5.74) is 1.01. The molecule has 20 heavy (non-hydrogen) atoms. The lowest BCUT2D eigenvalue weighted by molar-refractivity contribution is 0.234. The van der Waals surface area contributed by atoms with Gasteiger partial charge in [-0.1, -0.05) is 45.4 Å². The molecule has 1 aliphatic heterocycles. The molecule has 1 aliphatic rings.